The highest BCUT2D eigenvalue weighted by Crippen LogP contribution is 2.29. The van der Waals surface area contributed by atoms with E-state index in [0.717, 1.165) is 11.1 Å². The van der Waals surface area contributed by atoms with Crippen LogP contribution < -0.4 is 16.4 Å². The van der Waals surface area contributed by atoms with E-state index in [4.69, 9.17) is 22.1 Å². The molecule has 206 valence electrons. The Balaban J connectivity index is 2.48. The van der Waals surface area contributed by atoms with Gasteiger partial charge in [-0.15, -0.1) is 0 Å². The molecule has 10 heteroatoms. The number of nitrogens with one attached hydrogen (secondary N) is 2. The van der Waals surface area contributed by atoms with Gasteiger partial charge in [0.15, 0.2) is 0 Å². The zero-order valence-corrected chi connectivity index (χ0v) is 23.5. The van der Waals surface area contributed by atoms with Crippen LogP contribution in [0.4, 0.5) is 10.5 Å². The van der Waals surface area contributed by atoms with Gasteiger partial charge in [0.2, 0.25) is 11.8 Å². The average molecular weight is 545 g/mol. The highest BCUT2D eigenvalue weighted by molar-refractivity contribution is 6.34. The maximum Gasteiger partial charge on any atom is 0.408 e. The normalized spacial score (nSPS) is 12.7. The largest absolute Gasteiger partial charge is 0.444 e. The van der Waals surface area contributed by atoms with Crippen LogP contribution >= 0.6 is 11.6 Å². The number of likely N-dealkylation sites (N-methyl/N-ethyl adjacent to an activating group) is 1. The van der Waals surface area contributed by atoms with E-state index >= 15 is 0 Å². The van der Waals surface area contributed by atoms with Crippen LogP contribution in [0.15, 0.2) is 42.5 Å². The topological polar surface area (TPSA) is 131 Å². The summed E-state index contributed by atoms with van der Waals surface area (Å²) in [5, 5.41) is 5.79. The van der Waals surface area contributed by atoms with Crippen LogP contribution in [-0.2, 0) is 19.1 Å². The van der Waals surface area contributed by atoms with E-state index in [1.165, 1.54) is 4.90 Å². The Morgan fingerprint density at radius 3 is 2.21 bits per heavy atom. The number of halogens is 1. The van der Waals surface area contributed by atoms with E-state index in [-0.39, 0.29) is 19.4 Å². The van der Waals surface area contributed by atoms with Crippen LogP contribution in [0, 0.1) is 13.8 Å². The molecule has 0 fully saturated rings. The third-order valence-electron chi connectivity index (χ3n) is 5.72. The molecule has 38 heavy (non-hydrogen) atoms. The Hall–Kier alpha value is -3.59. The molecule has 2 unspecified atom stereocenters. The number of amides is 4. The van der Waals surface area contributed by atoms with Crippen molar-refractivity contribution in [1.29, 1.82) is 0 Å². The van der Waals surface area contributed by atoms with Gasteiger partial charge in [0.1, 0.15) is 17.7 Å². The number of ether oxygens (including phenoxy) is 1. The SMILES string of the molecule is CCN(C(=O)C(CCC(N)=O)NC(=O)OC(C)(C)C)C(C(=O)Nc1c(C)cccc1Cl)c1ccc(C)cc1. The number of para-hydroxylation sites is 1. The molecule has 0 aliphatic rings. The number of benzene rings is 2. The van der Waals surface area contributed by atoms with Crippen molar-refractivity contribution in [2.24, 2.45) is 5.73 Å². The van der Waals surface area contributed by atoms with Gasteiger partial charge >= 0.3 is 6.09 Å². The third kappa shape index (κ3) is 8.76. The fourth-order valence-corrected chi connectivity index (χ4v) is 4.13. The van der Waals surface area contributed by atoms with Crippen LogP contribution in [0.1, 0.15) is 63.3 Å². The van der Waals surface area contributed by atoms with E-state index in [2.05, 4.69) is 10.6 Å². The molecule has 2 atom stereocenters. The minimum atomic E-state index is -1.15. The molecule has 0 aromatic heterocycles. The number of carbonyl (C=O) groups excluding carboxylic acids is 4. The quantitative estimate of drug-likeness (QED) is 0.401. The van der Waals surface area contributed by atoms with Crippen LogP contribution in [0.2, 0.25) is 5.02 Å². The summed E-state index contributed by atoms with van der Waals surface area (Å²) in [5.74, 6) is -1.67. The molecule has 9 nitrogen and oxygen atoms in total. The molecule has 0 saturated heterocycles. The molecule has 2 aromatic carbocycles. The molecule has 0 spiro atoms. The minimum Gasteiger partial charge on any atom is -0.444 e. The standard InChI is InChI=1S/C28H37ClN4O5/c1-7-33(26(36)21(15-16-22(30)34)31-27(37)38-28(4,5)6)24(19-13-11-17(2)12-14-19)25(35)32-23-18(3)9-8-10-20(23)29/h8-14,21,24H,7,15-16H2,1-6H3,(H2,30,34)(H,31,37)(H,32,35). The number of nitrogens with two attached hydrogens (primary N) is 1. The Labute approximate surface area is 229 Å². The number of primary amides is 1. The minimum absolute atomic E-state index is 0.0598. The molecule has 4 amide bonds. The lowest BCUT2D eigenvalue weighted by Crippen LogP contribution is -2.52. The molecule has 0 bridgehead atoms. The first kappa shape index (κ1) is 30.6. The molecule has 0 saturated carbocycles. The number of carbonyl (C=O) groups is 4. The number of aryl methyl sites for hydroxylation is 2. The van der Waals surface area contributed by atoms with Crippen molar-refractivity contribution >= 4 is 41.1 Å². The van der Waals surface area contributed by atoms with Crippen molar-refractivity contribution in [3.05, 3.63) is 64.2 Å². The number of alkyl carbamates (subject to hydrolysis) is 1. The summed E-state index contributed by atoms with van der Waals surface area (Å²) in [7, 11) is 0. The smallest absolute Gasteiger partial charge is 0.408 e. The van der Waals surface area contributed by atoms with Crippen LogP contribution in [-0.4, -0.2) is 46.9 Å². The van der Waals surface area contributed by atoms with Gasteiger partial charge in [-0.3, -0.25) is 14.4 Å². The molecule has 0 heterocycles. The summed E-state index contributed by atoms with van der Waals surface area (Å²) in [6, 6.07) is 10.3. The predicted molar refractivity (Wildman–Crippen MR) is 148 cm³/mol. The van der Waals surface area contributed by atoms with Crippen molar-refractivity contribution in [3.63, 3.8) is 0 Å². The summed E-state index contributed by atoms with van der Waals surface area (Å²) >= 11 is 6.35. The van der Waals surface area contributed by atoms with E-state index in [9.17, 15) is 19.2 Å². The number of anilines is 1. The van der Waals surface area contributed by atoms with Gasteiger partial charge in [-0.25, -0.2) is 4.79 Å². The lowest BCUT2D eigenvalue weighted by Gasteiger charge is -2.34. The highest BCUT2D eigenvalue weighted by Gasteiger charge is 2.36. The van der Waals surface area contributed by atoms with Crippen molar-refractivity contribution in [1.82, 2.24) is 10.2 Å². The molecule has 0 aliphatic carbocycles. The van der Waals surface area contributed by atoms with Crippen LogP contribution in [0.25, 0.3) is 0 Å². The maximum absolute atomic E-state index is 13.9. The average Bonchev–Trinajstić information content (AvgIpc) is 2.81. The van der Waals surface area contributed by atoms with Crippen molar-refractivity contribution < 1.29 is 23.9 Å². The van der Waals surface area contributed by atoms with E-state index in [1.54, 1.807) is 52.0 Å². The second kappa shape index (κ2) is 13.3. The Bertz CT molecular complexity index is 1140. The highest BCUT2D eigenvalue weighted by atomic mass is 35.5. The lowest BCUT2D eigenvalue weighted by molar-refractivity contribution is -0.140. The van der Waals surface area contributed by atoms with Crippen molar-refractivity contribution in [2.75, 3.05) is 11.9 Å². The fraction of sp³-hybridized carbons (Fsp3) is 0.429. The summed E-state index contributed by atoms with van der Waals surface area (Å²) in [5.41, 5.74) is 7.27. The van der Waals surface area contributed by atoms with Gasteiger partial charge in [-0.1, -0.05) is 53.6 Å². The zero-order valence-electron chi connectivity index (χ0n) is 22.8. The van der Waals surface area contributed by atoms with Gasteiger partial charge in [0.25, 0.3) is 5.91 Å². The maximum atomic E-state index is 13.9. The number of hydrogen-bond donors (Lipinski definition) is 3. The molecular formula is C28H37ClN4O5. The molecule has 2 aromatic rings. The Morgan fingerprint density at radius 2 is 1.68 bits per heavy atom. The fourth-order valence-electron chi connectivity index (χ4n) is 3.86. The predicted octanol–water partition coefficient (Wildman–Crippen LogP) is 4.64. The van der Waals surface area contributed by atoms with Gasteiger partial charge < -0.3 is 26.0 Å². The van der Waals surface area contributed by atoms with Crippen molar-refractivity contribution in [2.45, 2.75) is 72.1 Å². The Kier molecular flexibility index (Phi) is 10.7. The zero-order chi connectivity index (χ0) is 28.6. The number of rotatable bonds is 10. The lowest BCUT2D eigenvalue weighted by atomic mass is 10.0. The van der Waals surface area contributed by atoms with Crippen LogP contribution in [0.3, 0.4) is 0 Å². The summed E-state index contributed by atoms with van der Waals surface area (Å²) in [6.45, 7) is 10.7. The van der Waals surface area contributed by atoms with Gasteiger partial charge in [0, 0.05) is 13.0 Å². The first-order chi connectivity index (χ1) is 17.7. The Morgan fingerprint density at radius 1 is 1.05 bits per heavy atom. The van der Waals surface area contributed by atoms with Crippen LogP contribution in [0.5, 0.6) is 0 Å². The second-order valence-electron chi connectivity index (χ2n) is 10.1. The number of hydrogen-bond acceptors (Lipinski definition) is 5. The van der Waals surface area contributed by atoms with Crippen molar-refractivity contribution in [3.8, 4) is 0 Å². The molecule has 4 N–H and O–H groups in total. The molecule has 2 rings (SSSR count). The van der Waals surface area contributed by atoms with Gasteiger partial charge in [0.05, 0.1) is 10.7 Å². The monoisotopic (exact) mass is 544 g/mol. The van der Waals surface area contributed by atoms with Gasteiger partial charge in [-0.05, 0) is 65.2 Å². The summed E-state index contributed by atoms with van der Waals surface area (Å²) in [6.07, 6.45) is -1.03. The second-order valence-corrected chi connectivity index (χ2v) is 10.5. The first-order valence-corrected chi connectivity index (χ1v) is 12.8. The first-order valence-electron chi connectivity index (χ1n) is 12.4. The number of nitrogens with zero attached hydrogens (tertiary/aromatic N) is 1. The van der Waals surface area contributed by atoms with E-state index in [1.807, 2.05) is 32.0 Å². The molecule has 0 radical (unpaired) electrons. The molecular weight excluding hydrogens is 508 g/mol. The van der Waals surface area contributed by atoms with E-state index < -0.39 is 41.5 Å². The third-order valence-corrected chi connectivity index (χ3v) is 6.03. The summed E-state index contributed by atoms with van der Waals surface area (Å²) < 4.78 is 5.32. The van der Waals surface area contributed by atoms with Gasteiger partial charge in [-0.2, -0.15) is 0 Å². The van der Waals surface area contributed by atoms with E-state index in [0.29, 0.717) is 16.3 Å². The summed E-state index contributed by atoms with van der Waals surface area (Å²) in [4.78, 5) is 53.0. The molecule has 0 aliphatic heterocycles.